The van der Waals surface area contributed by atoms with E-state index in [0.29, 0.717) is 5.92 Å². The summed E-state index contributed by atoms with van der Waals surface area (Å²) in [6, 6.07) is 8.93. The highest BCUT2D eigenvalue weighted by atomic mass is 14.9. The van der Waals surface area contributed by atoms with Crippen LogP contribution in [0.3, 0.4) is 0 Å². The molecule has 0 saturated heterocycles. The Morgan fingerprint density at radius 1 is 1.00 bits per heavy atom. The van der Waals surface area contributed by atoms with Crippen LogP contribution in [0.1, 0.15) is 44.2 Å². The van der Waals surface area contributed by atoms with Crippen molar-refractivity contribution < 1.29 is 0 Å². The first kappa shape index (κ1) is 14.2. The van der Waals surface area contributed by atoms with E-state index < -0.39 is 0 Å². The van der Waals surface area contributed by atoms with Gasteiger partial charge in [-0.3, -0.25) is 0 Å². The van der Waals surface area contributed by atoms with Crippen LogP contribution in [0.4, 0.5) is 0 Å². The van der Waals surface area contributed by atoms with E-state index in [0.717, 1.165) is 26.2 Å². The van der Waals surface area contributed by atoms with Gasteiger partial charge in [-0.05, 0) is 43.1 Å². The van der Waals surface area contributed by atoms with Crippen LogP contribution in [0, 0.1) is 0 Å². The van der Waals surface area contributed by atoms with Crippen molar-refractivity contribution in [1.29, 1.82) is 0 Å². The van der Waals surface area contributed by atoms with Gasteiger partial charge in [-0.2, -0.15) is 0 Å². The number of hydrogen-bond donors (Lipinski definition) is 2. The molecule has 17 heavy (non-hydrogen) atoms. The predicted octanol–water partition coefficient (Wildman–Crippen LogP) is 2.90. The van der Waals surface area contributed by atoms with E-state index in [1.54, 1.807) is 0 Å². The van der Waals surface area contributed by atoms with Crippen LogP contribution >= 0.6 is 0 Å². The van der Waals surface area contributed by atoms with Gasteiger partial charge < -0.3 is 10.6 Å². The van der Waals surface area contributed by atoms with Gasteiger partial charge >= 0.3 is 0 Å². The Labute approximate surface area is 106 Å². The van der Waals surface area contributed by atoms with E-state index in [1.165, 1.54) is 17.5 Å². The molecule has 96 valence electrons. The van der Waals surface area contributed by atoms with E-state index >= 15 is 0 Å². The summed E-state index contributed by atoms with van der Waals surface area (Å²) in [6.45, 7) is 10.8. The maximum absolute atomic E-state index is 3.47. The average molecular weight is 234 g/mol. The van der Waals surface area contributed by atoms with E-state index in [1.807, 2.05) is 0 Å². The first-order chi connectivity index (χ1) is 8.24. The normalized spacial score (nSPS) is 11.1. The summed E-state index contributed by atoms with van der Waals surface area (Å²) in [5.41, 5.74) is 2.79. The number of benzene rings is 1. The fraction of sp³-hybridized carbons (Fsp3) is 0.600. The minimum atomic E-state index is 0.622. The molecule has 0 amide bonds. The van der Waals surface area contributed by atoms with Crippen LogP contribution in [-0.4, -0.2) is 19.6 Å². The molecule has 0 saturated carbocycles. The first-order valence-electron chi connectivity index (χ1n) is 6.74. The smallest absolute Gasteiger partial charge is 0.0205 e. The first-order valence-corrected chi connectivity index (χ1v) is 6.74. The van der Waals surface area contributed by atoms with Gasteiger partial charge in [0, 0.05) is 6.54 Å². The fourth-order valence-electron chi connectivity index (χ4n) is 1.77. The molecule has 0 bridgehead atoms. The van der Waals surface area contributed by atoms with Gasteiger partial charge in [0.15, 0.2) is 0 Å². The average Bonchev–Trinajstić information content (AvgIpc) is 2.34. The van der Waals surface area contributed by atoms with Crippen molar-refractivity contribution >= 4 is 0 Å². The monoisotopic (exact) mass is 234 g/mol. The maximum Gasteiger partial charge on any atom is 0.0205 e. The van der Waals surface area contributed by atoms with Crippen molar-refractivity contribution in [2.45, 2.75) is 39.7 Å². The van der Waals surface area contributed by atoms with Gasteiger partial charge in [-0.15, -0.1) is 0 Å². The van der Waals surface area contributed by atoms with Gasteiger partial charge in [-0.1, -0.05) is 45.0 Å². The van der Waals surface area contributed by atoms with E-state index in [9.17, 15) is 0 Å². The molecule has 2 heteroatoms. The lowest BCUT2D eigenvalue weighted by molar-refractivity contribution is 0.606. The van der Waals surface area contributed by atoms with Crippen molar-refractivity contribution in [3.63, 3.8) is 0 Å². The van der Waals surface area contributed by atoms with Crippen molar-refractivity contribution in [3.05, 3.63) is 35.4 Å². The molecular weight excluding hydrogens is 208 g/mol. The Morgan fingerprint density at radius 2 is 1.65 bits per heavy atom. The summed E-state index contributed by atoms with van der Waals surface area (Å²) in [5.74, 6) is 0.622. The van der Waals surface area contributed by atoms with Crippen molar-refractivity contribution in [2.75, 3.05) is 19.6 Å². The molecule has 0 radical (unpaired) electrons. The molecule has 0 unspecified atom stereocenters. The summed E-state index contributed by atoms with van der Waals surface area (Å²) in [6.07, 6.45) is 1.19. The lowest BCUT2D eigenvalue weighted by atomic mass is 10.0. The minimum absolute atomic E-state index is 0.622. The Bertz CT molecular complexity index is 290. The maximum atomic E-state index is 3.47. The van der Waals surface area contributed by atoms with Crippen molar-refractivity contribution in [2.24, 2.45) is 0 Å². The zero-order chi connectivity index (χ0) is 12.5. The molecule has 0 aliphatic rings. The molecule has 1 rings (SSSR count). The van der Waals surface area contributed by atoms with Crippen molar-refractivity contribution in [3.8, 4) is 0 Å². The SMILES string of the molecule is CCNCCCNCc1ccc(C(C)C)cc1. The highest BCUT2D eigenvalue weighted by molar-refractivity contribution is 5.24. The summed E-state index contributed by atoms with van der Waals surface area (Å²) < 4.78 is 0. The molecular formula is C15H26N2. The molecule has 0 aliphatic heterocycles. The summed E-state index contributed by atoms with van der Waals surface area (Å²) >= 11 is 0. The molecule has 1 aromatic rings. The fourth-order valence-corrected chi connectivity index (χ4v) is 1.77. The third kappa shape index (κ3) is 5.85. The van der Waals surface area contributed by atoms with Crippen LogP contribution in [0.5, 0.6) is 0 Å². The molecule has 0 heterocycles. The second kappa shape index (κ2) is 8.26. The molecule has 0 spiro atoms. The standard InChI is InChI=1S/C15H26N2/c1-4-16-10-5-11-17-12-14-6-8-15(9-7-14)13(2)3/h6-9,13,16-17H,4-5,10-12H2,1-3H3. The number of rotatable bonds is 8. The lowest BCUT2D eigenvalue weighted by Crippen LogP contribution is -2.21. The third-order valence-corrected chi connectivity index (χ3v) is 2.93. The van der Waals surface area contributed by atoms with Crippen LogP contribution in [0.15, 0.2) is 24.3 Å². The highest BCUT2D eigenvalue weighted by Gasteiger charge is 1.98. The molecule has 2 N–H and O–H groups in total. The summed E-state index contributed by atoms with van der Waals surface area (Å²) in [7, 11) is 0. The van der Waals surface area contributed by atoms with Crippen LogP contribution in [0.25, 0.3) is 0 Å². The topological polar surface area (TPSA) is 24.1 Å². The third-order valence-electron chi connectivity index (χ3n) is 2.93. The Kier molecular flexibility index (Phi) is 6.90. The van der Waals surface area contributed by atoms with Gasteiger partial charge in [0.2, 0.25) is 0 Å². The van der Waals surface area contributed by atoms with Crippen LogP contribution in [0.2, 0.25) is 0 Å². The molecule has 0 aliphatic carbocycles. The van der Waals surface area contributed by atoms with Crippen molar-refractivity contribution in [1.82, 2.24) is 10.6 Å². The van der Waals surface area contributed by atoms with E-state index in [-0.39, 0.29) is 0 Å². The molecule has 0 fully saturated rings. The van der Waals surface area contributed by atoms with E-state index in [4.69, 9.17) is 0 Å². The molecule has 1 aromatic carbocycles. The Morgan fingerprint density at radius 3 is 2.24 bits per heavy atom. The lowest BCUT2D eigenvalue weighted by Gasteiger charge is -2.08. The highest BCUT2D eigenvalue weighted by Crippen LogP contribution is 2.14. The largest absolute Gasteiger partial charge is 0.317 e. The molecule has 0 aromatic heterocycles. The molecule has 0 atom stereocenters. The van der Waals surface area contributed by atoms with Gasteiger partial charge in [0.05, 0.1) is 0 Å². The molecule has 2 nitrogen and oxygen atoms in total. The Hall–Kier alpha value is -0.860. The number of hydrogen-bond acceptors (Lipinski definition) is 2. The van der Waals surface area contributed by atoms with Gasteiger partial charge in [0.1, 0.15) is 0 Å². The second-order valence-corrected chi connectivity index (χ2v) is 4.78. The Balaban J connectivity index is 2.19. The summed E-state index contributed by atoms with van der Waals surface area (Å²) in [4.78, 5) is 0. The summed E-state index contributed by atoms with van der Waals surface area (Å²) in [5, 5.41) is 6.80. The van der Waals surface area contributed by atoms with Crippen LogP contribution in [-0.2, 0) is 6.54 Å². The van der Waals surface area contributed by atoms with Crippen LogP contribution < -0.4 is 10.6 Å². The predicted molar refractivity (Wildman–Crippen MR) is 75.4 cm³/mol. The zero-order valence-electron chi connectivity index (χ0n) is 11.4. The number of nitrogens with one attached hydrogen (secondary N) is 2. The van der Waals surface area contributed by atoms with Gasteiger partial charge in [0.25, 0.3) is 0 Å². The van der Waals surface area contributed by atoms with E-state index in [2.05, 4.69) is 55.7 Å². The zero-order valence-corrected chi connectivity index (χ0v) is 11.4. The second-order valence-electron chi connectivity index (χ2n) is 4.78. The van der Waals surface area contributed by atoms with Gasteiger partial charge in [-0.25, -0.2) is 0 Å². The quantitative estimate of drug-likeness (QED) is 0.676. The minimum Gasteiger partial charge on any atom is -0.317 e.